The third-order valence-electron chi connectivity index (χ3n) is 2.89. The van der Waals surface area contributed by atoms with Gasteiger partial charge in [0.05, 0.1) is 7.11 Å². The molecule has 2 aromatic carbocycles. The highest BCUT2D eigenvalue weighted by Crippen LogP contribution is 2.32. The second-order valence-electron chi connectivity index (χ2n) is 4.29. The molecule has 4 heteroatoms. The highest BCUT2D eigenvalue weighted by molar-refractivity contribution is 9.10. The van der Waals surface area contributed by atoms with Gasteiger partial charge in [-0.15, -0.1) is 0 Å². The molecule has 0 unspecified atom stereocenters. The lowest BCUT2D eigenvalue weighted by Crippen LogP contribution is -2.11. The third-order valence-corrected chi connectivity index (χ3v) is 3.63. The number of nitrogens with one attached hydrogen (secondary N) is 1. The first-order chi connectivity index (χ1) is 9.74. The van der Waals surface area contributed by atoms with Crippen LogP contribution in [-0.4, -0.2) is 13.7 Å². The number of ether oxygens (including phenoxy) is 2. The third kappa shape index (κ3) is 3.74. The highest BCUT2D eigenvalue weighted by atomic mass is 79.9. The van der Waals surface area contributed by atoms with E-state index >= 15 is 0 Å². The van der Waals surface area contributed by atoms with E-state index in [1.165, 1.54) is 5.56 Å². The van der Waals surface area contributed by atoms with Crippen LogP contribution < -0.4 is 14.8 Å². The topological polar surface area (TPSA) is 30.5 Å². The molecule has 0 atom stereocenters. The summed E-state index contributed by atoms with van der Waals surface area (Å²) in [5, 5.41) is 3.30. The largest absolute Gasteiger partial charge is 0.493 e. The molecule has 0 spiro atoms. The first-order valence-corrected chi connectivity index (χ1v) is 7.34. The van der Waals surface area contributed by atoms with Crippen LogP contribution in [0.3, 0.4) is 0 Å². The number of hydrogen-bond donors (Lipinski definition) is 1. The molecule has 1 N–H and O–H groups in total. The minimum atomic E-state index is 0.710. The quantitative estimate of drug-likeness (QED) is 0.850. The van der Waals surface area contributed by atoms with Crippen molar-refractivity contribution in [3.63, 3.8) is 0 Å². The highest BCUT2D eigenvalue weighted by Gasteiger charge is 2.06. The van der Waals surface area contributed by atoms with Gasteiger partial charge in [-0.2, -0.15) is 0 Å². The second-order valence-corrected chi connectivity index (χ2v) is 5.14. The van der Waals surface area contributed by atoms with E-state index in [-0.39, 0.29) is 0 Å². The molecule has 0 radical (unpaired) electrons. The van der Waals surface area contributed by atoms with Crippen molar-refractivity contribution in [1.82, 2.24) is 5.32 Å². The Hall–Kier alpha value is -1.52. The van der Waals surface area contributed by atoms with Gasteiger partial charge in [0.15, 0.2) is 11.5 Å². The molecule has 0 heterocycles. The summed E-state index contributed by atoms with van der Waals surface area (Å²) in [5.74, 6) is 2.21. The fourth-order valence-electron chi connectivity index (χ4n) is 1.82. The zero-order chi connectivity index (χ0) is 14.4. The number of hydrogen-bond acceptors (Lipinski definition) is 3. The normalized spacial score (nSPS) is 10.3. The van der Waals surface area contributed by atoms with E-state index in [1.807, 2.05) is 36.4 Å². The molecule has 106 valence electrons. The lowest BCUT2D eigenvalue weighted by molar-refractivity contribution is 0.379. The summed E-state index contributed by atoms with van der Waals surface area (Å²) >= 11 is 3.58. The number of rotatable bonds is 6. The van der Waals surface area contributed by atoms with Crippen molar-refractivity contribution in [3.05, 3.63) is 52.5 Å². The van der Waals surface area contributed by atoms with Crippen molar-refractivity contribution in [2.45, 2.75) is 13.5 Å². The van der Waals surface area contributed by atoms with E-state index in [9.17, 15) is 0 Å². The maximum Gasteiger partial charge on any atom is 0.169 e. The Bertz CT molecular complexity index is 572. The lowest BCUT2D eigenvalue weighted by Gasteiger charge is -2.11. The van der Waals surface area contributed by atoms with Gasteiger partial charge in [-0.3, -0.25) is 0 Å². The number of benzene rings is 2. The van der Waals surface area contributed by atoms with E-state index in [0.29, 0.717) is 5.75 Å². The first kappa shape index (κ1) is 14.9. The standard InChI is InChI=1S/C16H18BrNO2/c1-3-18-11-12-8-9-13(10-14(12)17)20-16-7-5-4-6-15(16)19-2/h4-10,18H,3,11H2,1-2H3. The van der Waals surface area contributed by atoms with Gasteiger partial charge in [0.2, 0.25) is 0 Å². The van der Waals surface area contributed by atoms with Crippen LogP contribution in [0.5, 0.6) is 17.2 Å². The molecule has 3 nitrogen and oxygen atoms in total. The van der Waals surface area contributed by atoms with Crippen LogP contribution in [0.1, 0.15) is 12.5 Å². The molecule has 0 aromatic heterocycles. The van der Waals surface area contributed by atoms with Crippen LogP contribution in [-0.2, 0) is 6.54 Å². The molecular formula is C16H18BrNO2. The molecule has 0 saturated carbocycles. The Labute approximate surface area is 128 Å². The Kier molecular flexibility index (Phi) is 5.44. The summed E-state index contributed by atoms with van der Waals surface area (Å²) in [4.78, 5) is 0. The molecule has 0 aliphatic carbocycles. The maximum atomic E-state index is 5.87. The van der Waals surface area contributed by atoms with Gasteiger partial charge in [0, 0.05) is 11.0 Å². The van der Waals surface area contributed by atoms with Crippen LogP contribution in [0.15, 0.2) is 46.9 Å². The summed E-state index contributed by atoms with van der Waals surface area (Å²) in [5.41, 5.74) is 1.21. The van der Waals surface area contributed by atoms with E-state index in [1.54, 1.807) is 7.11 Å². The van der Waals surface area contributed by atoms with Crippen molar-refractivity contribution >= 4 is 15.9 Å². The molecule has 0 amide bonds. The SMILES string of the molecule is CCNCc1ccc(Oc2ccccc2OC)cc1Br. The van der Waals surface area contributed by atoms with Crippen LogP contribution in [0.25, 0.3) is 0 Å². The van der Waals surface area contributed by atoms with E-state index in [4.69, 9.17) is 9.47 Å². The van der Waals surface area contributed by atoms with Gasteiger partial charge >= 0.3 is 0 Å². The van der Waals surface area contributed by atoms with Gasteiger partial charge in [-0.1, -0.05) is 41.1 Å². The minimum Gasteiger partial charge on any atom is -0.493 e. The molecule has 2 rings (SSSR count). The predicted molar refractivity (Wildman–Crippen MR) is 84.6 cm³/mol. The minimum absolute atomic E-state index is 0.710. The summed E-state index contributed by atoms with van der Waals surface area (Å²) in [7, 11) is 1.64. The summed E-state index contributed by atoms with van der Waals surface area (Å²) in [6.45, 7) is 3.88. The molecular weight excluding hydrogens is 318 g/mol. The van der Waals surface area contributed by atoms with Crippen molar-refractivity contribution in [3.8, 4) is 17.2 Å². The fourth-order valence-corrected chi connectivity index (χ4v) is 2.32. The first-order valence-electron chi connectivity index (χ1n) is 6.54. The van der Waals surface area contributed by atoms with Gasteiger partial charge < -0.3 is 14.8 Å². The molecule has 2 aromatic rings. The van der Waals surface area contributed by atoms with Gasteiger partial charge in [-0.05, 0) is 36.4 Å². The van der Waals surface area contributed by atoms with Crippen LogP contribution in [0, 0.1) is 0 Å². The fraction of sp³-hybridized carbons (Fsp3) is 0.250. The molecule has 0 fully saturated rings. The zero-order valence-corrected chi connectivity index (χ0v) is 13.2. The molecule has 0 aliphatic rings. The average Bonchev–Trinajstić information content (AvgIpc) is 2.47. The van der Waals surface area contributed by atoms with Gasteiger partial charge in [0.25, 0.3) is 0 Å². The number of para-hydroxylation sites is 2. The smallest absolute Gasteiger partial charge is 0.169 e. The molecule has 0 bridgehead atoms. The maximum absolute atomic E-state index is 5.87. The Morgan fingerprint density at radius 3 is 2.50 bits per heavy atom. The van der Waals surface area contributed by atoms with Crippen LogP contribution in [0.2, 0.25) is 0 Å². The second kappa shape index (κ2) is 7.31. The lowest BCUT2D eigenvalue weighted by atomic mass is 10.2. The summed E-state index contributed by atoms with van der Waals surface area (Å²) < 4.78 is 12.2. The van der Waals surface area contributed by atoms with E-state index < -0.39 is 0 Å². The zero-order valence-electron chi connectivity index (χ0n) is 11.7. The van der Waals surface area contributed by atoms with E-state index in [0.717, 1.165) is 29.1 Å². The monoisotopic (exact) mass is 335 g/mol. The molecule has 0 saturated heterocycles. The summed E-state index contributed by atoms with van der Waals surface area (Å²) in [6.07, 6.45) is 0. The van der Waals surface area contributed by atoms with Crippen molar-refractivity contribution in [2.24, 2.45) is 0 Å². The van der Waals surface area contributed by atoms with E-state index in [2.05, 4.69) is 34.2 Å². The predicted octanol–water partition coefficient (Wildman–Crippen LogP) is 4.36. The summed E-state index contributed by atoms with van der Waals surface area (Å²) in [6, 6.07) is 13.6. The Morgan fingerprint density at radius 2 is 1.85 bits per heavy atom. The average molecular weight is 336 g/mol. The van der Waals surface area contributed by atoms with Gasteiger partial charge in [0.1, 0.15) is 5.75 Å². The number of methoxy groups -OCH3 is 1. The Balaban J connectivity index is 2.16. The van der Waals surface area contributed by atoms with Crippen molar-refractivity contribution in [2.75, 3.05) is 13.7 Å². The van der Waals surface area contributed by atoms with Gasteiger partial charge in [-0.25, -0.2) is 0 Å². The van der Waals surface area contributed by atoms with Crippen LogP contribution >= 0.6 is 15.9 Å². The molecule has 20 heavy (non-hydrogen) atoms. The van der Waals surface area contributed by atoms with Crippen LogP contribution in [0.4, 0.5) is 0 Å². The number of halogens is 1. The van der Waals surface area contributed by atoms with Crippen molar-refractivity contribution < 1.29 is 9.47 Å². The molecule has 0 aliphatic heterocycles. The Morgan fingerprint density at radius 1 is 1.10 bits per heavy atom. The van der Waals surface area contributed by atoms with Crippen molar-refractivity contribution in [1.29, 1.82) is 0 Å².